The van der Waals surface area contributed by atoms with Crippen molar-refractivity contribution in [3.63, 3.8) is 0 Å². The van der Waals surface area contributed by atoms with Gasteiger partial charge in [0.25, 0.3) is 0 Å². The summed E-state index contributed by atoms with van der Waals surface area (Å²) in [7, 11) is 0. The first-order chi connectivity index (χ1) is 10.1. The normalized spacial score (nSPS) is 19.5. The highest BCUT2D eigenvalue weighted by Crippen LogP contribution is 2.35. The van der Waals surface area contributed by atoms with Crippen LogP contribution in [0, 0.1) is 0 Å². The monoisotopic (exact) mass is 304 g/mol. The van der Waals surface area contributed by atoms with Crippen molar-refractivity contribution >= 4 is 0 Å². The van der Waals surface area contributed by atoms with Crippen LogP contribution in [0.25, 0.3) is 0 Å². The molecule has 0 N–H and O–H groups in total. The van der Waals surface area contributed by atoms with E-state index in [9.17, 15) is 13.2 Å². The minimum absolute atomic E-state index is 0.140. The molecule has 0 bridgehead atoms. The molecule has 0 saturated carbocycles. The van der Waals surface area contributed by atoms with E-state index < -0.39 is 11.7 Å². The topological polar surface area (TPSA) is 27.7 Å². The molecule has 0 aromatic heterocycles. The van der Waals surface area contributed by atoms with E-state index in [1.165, 1.54) is 18.2 Å². The van der Waals surface area contributed by atoms with Gasteiger partial charge in [0.2, 0.25) is 0 Å². The van der Waals surface area contributed by atoms with E-state index in [0.717, 1.165) is 25.3 Å². The molecule has 1 aliphatic rings. The largest absolute Gasteiger partial charge is 0.493 e. The van der Waals surface area contributed by atoms with Crippen molar-refractivity contribution in [1.29, 1.82) is 0 Å². The fourth-order valence-electron chi connectivity index (χ4n) is 2.13. The van der Waals surface area contributed by atoms with Crippen LogP contribution >= 0.6 is 0 Å². The number of alkyl halides is 3. The molecule has 1 saturated heterocycles. The molecular formula is C15H19F3O3. The summed E-state index contributed by atoms with van der Waals surface area (Å²) in [6.45, 7) is 1.30. The van der Waals surface area contributed by atoms with Crippen LogP contribution in [0.1, 0.15) is 31.2 Å². The van der Waals surface area contributed by atoms with Crippen molar-refractivity contribution in [2.75, 3.05) is 19.8 Å². The van der Waals surface area contributed by atoms with Gasteiger partial charge in [-0.15, -0.1) is 0 Å². The fraction of sp³-hybridized carbons (Fsp3) is 0.600. The molecule has 1 aromatic carbocycles. The smallest absolute Gasteiger partial charge is 0.419 e. The maximum atomic E-state index is 12.7. The van der Waals surface area contributed by atoms with Gasteiger partial charge in [-0.2, -0.15) is 13.2 Å². The number of benzene rings is 1. The van der Waals surface area contributed by atoms with E-state index in [2.05, 4.69) is 0 Å². The molecule has 1 aliphatic heterocycles. The second kappa shape index (κ2) is 7.66. The molecule has 1 unspecified atom stereocenters. The Morgan fingerprint density at radius 3 is 2.67 bits per heavy atom. The van der Waals surface area contributed by atoms with Gasteiger partial charge in [-0.3, -0.25) is 0 Å². The van der Waals surface area contributed by atoms with Crippen LogP contribution in [0.2, 0.25) is 0 Å². The Bertz CT molecular complexity index is 428. The molecule has 3 nitrogen and oxygen atoms in total. The summed E-state index contributed by atoms with van der Waals surface area (Å²) in [4.78, 5) is 0. The van der Waals surface area contributed by atoms with Crippen LogP contribution in [-0.2, 0) is 15.7 Å². The minimum Gasteiger partial charge on any atom is -0.493 e. The number of para-hydroxylation sites is 1. The van der Waals surface area contributed by atoms with Gasteiger partial charge >= 0.3 is 6.18 Å². The molecule has 1 atom stereocenters. The van der Waals surface area contributed by atoms with Crippen molar-refractivity contribution in [1.82, 2.24) is 0 Å². The third kappa shape index (κ3) is 5.21. The number of rotatable bonds is 6. The van der Waals surface area contributed by atoms with Crippen LogP contribution in [0.15, 0.2) is 24.3 Å². The summed E-state index contributed by atoms with van der Waals surface area (Å²) in [6, 6.07) is 5.21. The van der Waals surface area contributed by atoms with Crippen LogP contribution < -0.4 is 4.74 Å². The van der Waals surface area contributed by atoms with Crippen LogP contribution in [0.3, 0.4) is 0 Å². The zero-order valence-electron chi connectivity index (χ0n) is 11.7. The van der Waals surface area contributed by atoms with E-state index in [0.29, 0.717) is 19.6 Å². The lowest BCUT2D eigenvalue weighted by atomic mass is 10.2. The Labute approximate surface area is 122 Å². The Morgan fingerprint density at radius 2 is 1.95 bits per heavy atom. The molecule has 0 amide bonds. The molecule has 2 rings (SSSR count). The van der Waals surface area contributed by atoms with Gasteiger partial charge < -0.3 is 14.2 Å². The minimum atomic E-state index is -4.40. The quantitative estimate of drug-likeness (QED) is 0.743. The first-order valence-electron chi connectivity index (χ1n) is 7.09. The highest BCUT2D eigenvalue weighted by Gasteiger charge is 2.33. The number of halogens is 3. The van der Waals surface area contributed by atoms with Crippen molar-refractivity contribution in [3.05, 3.63) is 29.8 Å². The maximum absolute atomic E-state index is 12.7. The SMILES string of the molecule is FC(F)(F)c1ccccc1OCCCOC1CCCCO1. The zero-order chi connectivity index (χ0) is 15.1. The second-order valence-corrected chi connectivity index (χ2v) is 4.86. The number of ether oxygens (including phenoxy) is 3. The molecule has 0 spiro atoms. The van der Waals surface area contributed by atoms with E-state index in [4.69, 9.17) is 14.2 Å². The summed E-state index contributed by atoms with van der Waals surface area (Å²) in [5.41, 5.74) is -0.749. The first kappa shape index (κ1) is 16.1. The van der Waals surface area contributed by atoms with Gasteiger partial charge in [0.1, 0.15) is 5.75 Å². The molecule has 1 fully saturated rings. The molecule has 0 aliphatic carbocycles. The van der Waals surface area contributed by atoms with Gasteiger partial charge in [-0.1, -0.05) is 12.1 Å². The summed E-state index contributed by atoms with van der Waals surface area (Å²) in [5.74, 6) is -0.140. The Balaban J connectivity index is 1.71. The molecule has 21 heavy (non-hydrogen) atoms. The summed E-state index contributed by atoms with van der Waals surface area (Å²) in [5, 5.41) is 0. The van der Waals surface area contributed by atoms with Gasteiger partial charge in [-0.25, -0.2) is 0 Å². The van der Waals surface area contributed by atoms with E-state index in [-0.39, 0.29) is 18.6 Å². The summed E-state index contributed by atoms with van der Waals surface area (Å²) >= 11 is 0. The van der Waals surface area contributed by atoms with Gasteiger partial charge in [0, 0.05) is 13.0 Å². The fourth-order valence-corrected chi connectivity index (χ4v) is 2.13. The third-order valence-electron chi connectivity index (χ3n) is 3.18. The standard InChI is InChI=1S/C15H19F3O3/c16-15(17,18)12-6-1-2-7-13(12)19-10-5-11-21-14-8-3-4-9-20-14/h1-2,6-7,14H,3-5,8-11H2. The predicted octanol–water partition coefficient (Wildman–Crippen LogP) is 4.02. The molecule has 6 heteroatoms. The van der Waals surface area contributed by atoms with Crippen molar-refractivity contribution in [3.8, 4) is 5.75 Å². The van der Waals surface area contributed by atoms with Crippen molar-refractivity contribution < 1.29 is 27.4 Å². The summed E-state index contributed by atoms with van der Waals surface area (Å²) < 4.78 is 54.3. The number of hydrogen-bond acceptors (Lipinski definition) is 3. The van der Waals surface area contributed by atoms with Gasteiger partial charge in [0.15, 0.2) is 6.29 Å². The van der Waals surface area contributed by atoms with Gasteiger partial charge in [0.05, 0.1) is 18.8 Å². The van der Waals surface area contributed by atoms with E-state index in [1.54, 1.807) is 0 Å². The van der Waals surface area contributed by atoms with Crippen LogP contribution in [0.4, 0.5) is 13.2 Å². The average molecular weight is 304 g/mol. The van der Waals surface area contributed by atoms with Crippen LogP contribution in [-0.4, -0.2) is 26.1 Å². The van der Waals surface area contributed by atoms with Crippen molar-refractivity contribution in [2.24, 2.45) is 0 Å². The maximum Gasteiger partial charge on any atom is 0.419 e. The Kier molecular flexibility index (Phi) is 5.87. The molecule has 1 heterocycles. The predicted molar refractivity (Wildman–Crippen MR) is 71.1 cm³/mol. The molecular weight excluding hydrogens is 285 g/mol. The highest BCUT2D eigenvalue weighted by molar-refractivity contribution is 5.35. The molecule has 118 valence electrons. The molecule has 1 aromatic rings. The van der Waals surface area contributed by atoms with E-state index >= 15 is 0 Å². The first-order valence-corrected chi connectivity index (χ1v) is 7.09. The van der Waals surface area contributed by atoms with E-state index in [1.807, 2.05) is 0 Å². The Morgan fingerprint density at radius 1 is 1.14 bits per heavy atom. The number of hydrogen-bond donors (Lipinski definition) is 0. The lowest BCUT2D eigenvalue weighted by Gasteiger charge is -2.22. The Hall–Kier alpha value is -1.27. The lowest BCUT2D eigenvalue weighted by Crippen LogP contribution is -2.23. The summed E-state index contributed by atoms with van der Waals surface area (Å²) in [6.07, 6.45) is -1.05. The van der Waals surface area contributed by atoms with Crippen LogP contribution in [0.5, 0.6) is 5.75 Å². The third-order valence-corrected chi connectivity index (χ3v) is 3.18. The van der Waals surface area contributed by atoms with Crippen molar-refractivity contribution in [2.45, 2.75) is 38.1 Å². The molecule has 0 radical (unpaired) electrons. The second-order valence-electron chi connectivity index (χ2n) is 4.86. The highest BCUT2D eigenvalue weighted by atomic mass is 19.4. The van der Waals surface area contributed by atoms with Gasteiger partial charge in [-0.05, 0) is 31.4 Å². The average Bonchev–Trinajstić information content (AvgIpc) is 2.47. The zero-order valence-corrected chi connectivity index (χ0v) is 11.7. The lowest BCUT2D eigenvalue weighted by molar-refractivity contribution is -0.163.